The monoisotopic (exact) mass is 426 g/mol. The van der Waals surface area contributed by atoms with Crippen LogP contribution in [-0.4, -0.2) is 33.7 Å². The van der Waals surface area contributed by atoms with Crippen LogP contribution in [0.5, 0.6) is 0 Å². The van der Waals surface area contributed by atoms with Gasteiger partial charge in [0, 0.05) is 24.7 Å². The number of carbonyl (C=O) groups excluding carboxylic acids is 1. The van der Waals surface area contributed by atoms with E-state index in [0.29, 0.717) is 19.7 Å². The first-order valence-corrected chi connectivity index (χ1v) is 11.7. The van der Waals surface area contributed by atoms with Crippen LogP contribution in [0.4, 0.5) is 10.5 Å². The van der Waals surface area contributed by atoms with E-state index in [2.05, 4.69) is 39.0 Å². The molecule has 0 aliphatic carbocycles. The highest BCUT2D eigenvalue weighted by molar-refractivity contribution is 7.82. The van der Waals surface area contributed by atoms with E-state index >= 15 is 0 Å². The molecular weight excluding hydrogens is 396 g/mol. The summed E-state index contributed by atoms with van der Waals surface area (Å²) in [6.07, 6.45) is 1.27. The maximum atomic E-state index is 13.1. The van der Waals surface area contributed by atoms with Crippen molar-refractivity contribution >= 4 is 22.8 Å². The van der Waals surface area contributed by atoms with Gasteiger partial charge in [-0.25, -0.2) is 13.3 Å². The third-order valence-corrected chi connectivity index (χ3v) is 7.50. The van der Waals surface area contributed by atoms with Crippen LogP contribution in [0.15, 0.2) is 47.4 Å². The number of benzene rings is 2. The van der Waals surface area contributed by atoms with Crippen LogP contribution in [0.25, 0.3) is 0 Å². The lowest BCUT2D eigenvalue weighted by atomic mass is 9.87. The van der Waals surface area contributed by atoms with Crippen LogP contribution < -0.4 is 4.90 Å². The normalized spacial score (nSPS) is 19.3. The minimum Gasteiger partial charge on any atom is -0.444 e. The van der Waals surface area contributed by atoms with Crippen molar-refractivity contribution in [3.05, 3.63) is 59.2 Å². The first-order chi connectivity index (χ1) is 14.2. The lowest BCUT2D eigenvalue weighted by Crippen LogP contribution is -2.49. The average Bonchev–Trinajstić information content (AvgIpc) is 2.73. The summed E-state index contributed by atoms with van der Waals surface area (Å²) in [5.41, 5.74) is 4.48. The van der Waals surface area contributed by atoms with Gasteiger partial charge in [-0.3, -0.25) is 4.90 Å². The maximum absolute atomic E-state index is 13.1. The molecule has 0 radical (unpaired) electrons. The molecule has 6 heteroatoms. The standard InChI is InChI=1S/C24H30N2O3S/c1-17-5-10-22-18(15-17)16-29-23(27)26(22)20-11-13-25(14-12-20)30(28)21-8-6-19(7-9-21)24(2,3)4/h5-10,15,20H,11-14,16H2,1-4H3. The van der Waals surface area contributed by atoms with E-state index < -0.39 is 11.0 Å². The van der Waals surface area contributed by atoms with Gasteiger partial charge in [0.05, 0.1) is 10.6 Å². The fourth-order valence-corrected chi connectivity index (χ4v) is 5.41. The van der Waals surface area contributed by atoms with Gasteiger partial charge >= 0.3 is 6.09 Å². The highest BCUT2D eigenvalue weighted by Crippen LogP contribution is 2.33. The van der Waals surface area contributed by atoms with Crippen molar-refractivity contribution in [2.75, 3.05) is 18.0 Å². The summed E-state index contributed by atoms with van der Waals surface area (Å²) in [4.78, 5) is 15.2. The van der Waals surface area contributed by atoms with Crippen LogP contribution in [0.2, 0.25) is 0 Å². The first kappa shape index (κ1) is 21.1. The molecule has 0 N–H and O–H groups in total. The smallest absolute Gasteiger partial charge is 0.414 e. The molecule has 0 aromatic heterocycles. The van der Waals surface area contributed by atoms with E-state index in [0.717, 1.165) is 34.6 Å². The zero-order valence-electron chi connectivity index (χ0n) is 18.2. The van der Waals surface area contributed by atoms with E-state index in [9.17, 15) is 9.00 Å². The molecule has 0 spiro atoms. The fraction of sp³-hybridized carbons (Fsp3) is 0.458. The number of ether oxygens (including phenoxy) is 1. The number of hydrogen-bond donors (Lipinski definition) is 0. The van der Waals surface area contributed by atoms with E-state index in [1.807, 2.05) is 35.5 Å². The van der Waals surface area contributed by atoms with E-state index in [1.165, 1.54) is 5.56 Å². The third-order valence-electron chi connectivity index (χ3n) is 5.99. The Kier molecular flexibility index (Phi) is 5.73. The van der Waals surface area contributed by atoms with Crippen molar-refractivity contribution < 1.29 is 13.7 Å². The molecular formula is C24H30N2O3S. The van der Waals surface area contributed by atoms with Crippen molar-refractivity contribution in [2.24, 2.45) is 0 Å². The van der Waals surface area contributed by atoms with Gasteiger partial charge in [0.25, 0.3) is 0 Å². The molecule has 1 atom stereocenters. The Labute approximate surface area is 181 Å². The van der Waals surface area contributed by atoms with Crippen LogP contribution in [-0.2, 0) is 27.7 Å². The zero-order valence-corrected chi connectivity index (χ0v) is 19.0. The molecule has 2 aliphatic rings. The van der Waals surface area contributed by atoms with Crippen LogP contribution in [0.1, 0.15) is 50.3 Å². The number of rotatable bonds is 3. The second-order valence-corrected chi connectivity index (χ2v) is 10.7. The number of piperidine rings is 1. The molecule has 0 saturated carbocycles. The zero-order chi connectivity index (χ0) is 21.5. The first-order valence-electron chi connectivity index (χ1n) is 10.6. The number of amides is 1. The summed E-state index contributed by atoms with van der Waals surface area (Å²) in [6, 6.07) is 14.3. The fourth-order valence-electron chi connectivity index (χ4n) is 4.20. The molecule has 0 bridgehead atoms. The number of cyclic esters (lactones) is 1. The van der Waals surface area contributed by atoms with Gasteiger partial charge in [0.2, 0.25) is 0 Å². The predicted octanol–water partition coefficient (Wildman–Crippen LogP) is 4.94. The molecule has 1 unspecified atom stereocenters. The number of fused-ring (bicyclic) bond motifs is 1. The number of nitrogens with zero attached hydrogens (tertiary/aromatic N) is 2. The second-order valence-electron chi connectivity index (χ2n) is 9.24. The summed E-state index contributed by atoms with van der Waals surface area (Å²) >= 11 is 0. The molecule has 1 fully saturated rings. The molecule has 2 aliphatic heterocycles. The van der Waals surface area contributed by atoms with Gasteiger partial charge < -0.3 is 4.74 Å². The highest BCUT2D eigenvalue weighted by Gasteiger charge is 2.35. The molecule has 4 rings (SSSR count). The van der Waals surface area contributed by atoms with E-state index in [-0.39, 0.29) is 17.6 Å². The largest absolute Gasteiger partial charge is 0.444 e. The topological polar surface area (TPSA) is 49.9 Å². The highest BCUT2D eigenvalue weighted by atomic mass is 32.2. The number of anilines is 1. The van der Waals surface area contributed by atoms with E-state index in [1.54, 1.807) is 4.90 Å². The van der Waals surface area contributed by atoms with Crippen LogP contribution in [0.3, 0.4) is 0 Å². The molecule has 1 amide bonds. The quantitative estimate of drug-likeness (QED) is 0.699. The summed E-state index contributed by atoms with van der Waals surface area (Å²) < 4.78 is 20.5. The van der Waals surface area contributed by atoms with Crippen molar-refractivity contribution in [1.82, 2.24) is 4.31 Å². The Morgan fingerprint density at radius 2 is 1.70 bits per heavy atom. The van der Waals surface area contributed by atoms with Crippen LogP contribution in [0, 0.1) is 6.92 Å². The second kappa shape index (κ2) is 8.16. The van der Waals surface area contributed by atoms with Crippen LogP contribution >= 0.6 is 0 Å². The minimum atomic E-state index is -1.18. The SMILES string of the molecule is Cc1ccc2c(c1)COC(=O)N2C1CCN(S(=O)c2ccc(C(C)(C)C)cc2)CC1. The molecule has 2 aromatic rings. The Morgan fingerprint density at radius 1 is 1.03 bits per heavy atom. The number of hydrogen-bond acceptors (Lipinski definition) is 3. The summed E-state index contributed by atoms with van der Waals surface area (Å²) in [5.74, 6) is 0. The van der Waals surface area contributed by atoms with Gasteiger partial charge in [-0.05, 0) is 48.9 Å². The van der Waals surface area contributed by atoms with E-state index in [4.69, 9.17) is 4.74 Å². The Hall–Kier alpha value is -2.18. The van der Waals surface area contributed by atoms with Gasteiger partial charge in [-0.2, -0.15) is 0 Å². The lowest BCUT2D eigenvalue weighted by Gasteiger charge is -2.39. The van der Waals surface area contributed by atoms with Crippen molar-refractivity contribution in [3.63, 3.8) is 0 Å². The van der Waals surface area contributed by atoms with Crippen molar-refractivity contribution in [2.45, 2.75) is 63.5 Å². The summed E-state index contributed by atoms with van der Waals surface area (Å²) in [7, 11) is -1.18. The molecule has 1 saturated heterocycles. The lowest BCUT2D eigenvalue weighted by molar-refractivity contribution is 0.136. The molecule has 5 nitrogen and oxygen atoms in total. The third kappa shape index (κ3) is 4.16. The average molecular weight is 427 g/mol. The van der Waals surface area contributed by atoms with Gasteiger partial charge in [-0.1, -0.05) is 50.6 Å². The Bertz CT molecular complexity index is 957. The van der Waals surface area contributed by atoms with Gasteiger partial charge in [-0.15, -0.1) is 0 Å². The minimum absolute atomic E-state index is 0.0655. The van der Waals surface area contributed by atoms with Gasteiger partial charge in [0.15, 0.2) is 0 Å². The number of carbonyl (C=O) groups is 1. The predicted molar refractivity (Wildman–Crippen MR) is 120 cm³/mol. The van der Waals surface area contributed by atoms with Gasteiger partial charge in [0.1, 0.15) is 17.6 Å². The molecule has 2 heterocycles. The summed E-state index contributed by atoms with van der Waals surface area (Å²) in [6.45, 7) is 10.3. The summed E-state index contributed by atoms with van der Waals surface area (Å²) in [5, 5.41) is 0. The maximum Gasteiger partial charge on any atom is 0.414 e. The van der Waals surface area contributed by atoms with Crippen molar-refractivity contribution in [3.8, 4) is 0 Å². The molecule has 30 heavy (non-hydrogen) atoms. The molecule has 160 valence electrons. The Morgan fingerprint density at radius 3 is 2.33 bits per heavy atom. The molecule has 2 aromatic carbocycles. The Balaban J connectivity index is 1.44. The number of aryl methyl sites for hydroxylation is 1. The van der Waals surface area contributed by atoms with Crippen molar-refractivity contribution in [1.29, 1.82) is 0 Å².